The van der Waals surface area contributed by atoms with E-state index in [1.807, 2.05) is 0 Å². The van der Waals surface area contributed by atoms with Gasteiger partial charge in [-0.05, 0) is 46.0 Å². The molecule has 0 aliphatic heterocycles. The molecule has 0 radical (unpaired) electrons. The number of carboxylic acids is 1. The van der Waals surface area contributed by atoms with Gasteiger partial charge >= 0.3 is 12.1 Å². The van der Waals surface area contributed by atoms with Crippen LogP contribution in [0.5, 0.6) is 0 Å². The minimum Gasteiger partial charge on any atom is -0.480 e. The van der Waals surface area contributed by atoms with Crippen LogP contribution in [0.2, 0.25) is 0 Å². The van der Waals surface area contributed by atoms with Crippen molar-refractivity contribution in [2.75, 3.05) is 0 Å². The zero-order valence-corrected chi connectivity index (χ0v) is 12.3. The fraction of sp³-hybridized carbons (Fsp3) is 0.786. The minimum atomic E-state index is -1.08. The number of rotatable bonds is 4. The highest BCUT2D eigenvalue weighted by atomic mass is 16.6. The van der Waals surface area contributed by atoms with E-state index in [1.165, 1.54) is 0 Å². The second kappa shape index (κ2) is 6.72. The molecule has 1 atom stereocenters. The highest BCUT2D eigenvalue weighted by Gasteiger charge is 2.28. The van der Waals surface area contributed by atoms with Crippen LogP contribution in [0.25, 0.3) is 0 Å². The average molecular weight is 285 g/mol. The van der Waals surface area contributed by atoms with Crippen molar-refractivity contribution >= 4 is 17.8 Å². The number of ketones is 1. The molecular formula is C14H23NO5. The molecule has 20 heavy (non-hydrogen) atoms. The van der Waals surface area contributed by atoms with Crippen LogP contribution in [0.15, 0.2) is 0 Å². The van der Waals surface area contributed by atoms with E-state index in [0.717, 1.165) is 0 Å². The summed E-state index contributed by atoms with van der Waals surface area (Å²) in [4.78, 5) is 34.0. The topological polar surface area (TPSA) is 92.7 Å². The van der Waals surface area contributed by atoms with Crippen molar-refractivity contribution in [3.05, 3.63) is 0 Å². The number of hydrogen-bond acceptors (Lipinski definition) is 4. The van der Waals surface area contributed by atoms with Gasteiger partial charge in [0.2, 0.25) is 0 Å². The van der Waals surface area contributed by atoms with E-state index in [-0.39, 0.29) is 11.7 Å². The molecule has 0 aromatic rings. The van der Waals surface area contributed by atoms with Crippen LogP contribution >= 0.6 is 0 Å². The fourth-order valence-corrected chi connectivity index (χ4v) is 2.24. The second-order valence-corrected chi connectivity index (χ2v) is 6.25. The van der Waals surface area contributed by atoms with Gasteiger partial charge in [0.05, 0.1) is 0 Å². The lowest BCUT2D eigenvalue weighted by molar-refractivity contribution is -0.140. The van der Waals surface area contributed by atoms with Gasteiger partial charge in [0, 0.05) is 12.8 Å². The molecule has 114 valence electrons. The molecule has 0 saturated heterocycles. The summed E-state index contributed by atoms with van der Waals surface area (Å²) < 4.78 is 5.06. The van der Waals surface area contributed by atoms with Gasteiger partial charge in [0.1, 0.15) is 17.4 Å². The second-order valence-electron chi connectivity index (χ2n) is 6.25. The van der Waals surface area contributed by atoms with E-state index in [4.69, 9.17) is 9.84 Å². The van der Waals surface area contributed by atoms with Crippen LogP contribution in [-0.4, -0.2) is 34.6 Å². The summed E-state index contributed by atoms with van der Waals surface area (Å²) >= 11 is 0. The fourth-order valence-electron chi connectivity index (χ4n) is 2.24. The molecule has 6 nitrogen and oxygen atoms in total. The Hall–Kier alpha value is -1.59. The molecule has 0 aromatic carbocycles. The lowest BCUT2D eigenvalue weighted by Crippen LogP contribution is -2.44. The Morgan fingerprint density at radius 3 is 2.35 bits per heavy atom. The summed E-state index contributed by atoms with van der Waals surface area (Å²) in [5, 5.41) is 11.6. The van der Waals surface area contributed by atoms with Crippen LogP contribution < -0.4 is 5.32 Å². The highest BCUT2D eigenvalue weighted by molar-refractivity contribution is 5.80. The van der Waals surface area contributed by atoms with Gasteiger partial charge in [0.25, 0.3) is 0 Å². The van der Waals surface area contributed by atoms with Gasteiger partial charge in [0.15, 0.2) is 0 Å². The van der Waals surface area contributed by atoms with Crippen LogP contribution in [0.4, 0.5) is 4.79 Å². The Morgan fingerprint density at radius 1 is 1.35 bits per heavy atom. The Kier molecular flexibility index (Phi) is 5.53. The number of aliphatic carboxylic acids is 1. The number of carbonyl (C=O) groups excluding carboxylic acids is 2. The van der Waals surface area contributed by atoms with Crippen LogP contribution in [0, 0.1) is 5.92 Å². The van der Waals surface area contributed by atoms with Crippen molar-refractivity contribution < 1.29 is 24.2 Å². The number of Topliss-reactive ketones (excluding diaryl/α,β-unsaturated/α-hetero) is 1. The average Bonchev–Trinajstić information content (AvgIpc) is 2.28. The Labute approximate surface area is 118 Å². The first-order valence-electron chi connectivity index (χ1n) is 6.91. The first-order chi connectivity index (χ1) is 9.17. The monoisotopic (exact) mass is 285 g/mol. The molecule has 6 heteroatoms. The number of ether oxygens (including phenoxy) is 1. The predicted molar refractivity (Wildman–Crippen MR) is 72.4 cm³/mol. The number of hydrogen-bond donors (Lipinski definition) is 2. The van der Waals surface area contributed by atoms with E-state index in [0.29, 0.717) is 32.1 Å². The zero-order valence-electron chi connectivity index (χ0n) is 12.3. The van der Waals surface area contributed by atoms with Crippen molar-refractivity contribution in [1.82, 2.24) is 5.32 Å². The van der Waals surface area contributed by atoms with E-state index in [9.17, 15) is 14.4 Å². The van der Waals surface area contributed by atoms with E-state index < -0.39 is 23.7 Å². The van der Waals surface area contributed by atoms with Crippen LogP contribution in [-0.2, 0) is 14.3 Å². The zero-order chi connectivity index (χ0) is 15.3. The highest BCUT2D eigenvalue weighted by Crippen LogP contribution is 2.25. The van der Waals surface area contributed by atoms with Gasteiger partial charge in [-0.25, -0.2) is 9.59 Å². The number of amides is 1. The van der Waals surface area contributed by atoms with E-state index in [1.54, 1.807) is 20.8 Å². The largest absolute Gasteiger partial charge is 0.480 e. The standard InChI is InChI=1S/C14H23NO5/c1-14(2,3)20-13(19)15-11(12(17)18)8-9-4-6-10(16)7-5-9/h9,11H,4-8H2,1-3H3,(H,15,19)(H,17,18)/t11-/m0/s1. The molecule has 0 spiro atoms. The van der Waals surface area contributed by atoms with Crippen molar-refractivity contribution in [2.45, 2.75) is 64.5 Å². The maximum Gasteiger partial charge on any atom is 0.408 e. The number of carbonyl (C=O) groups is 3. The summed E-state index contributed by atoms with van der Waals surface area (Å²) in [6.07, 6.45) is 2.00. The van der Waals surface area contributed by atoms with E-state index in [2.05, 4.69) is 5.32 Å². The molecule has 0 bridgehead atoms. The van der Waals surface area contributed by atoms with Gasteiger partial charge < -0.3 is 15.2 Å². The van der Waals surface area contributed by atoms with Crippen molar-refractivity contribution in [2.24, 2.45) is 5.92 Å². The molecule has 1 aliphatic carbocycles. The van der Waals surface area contributed by atoms with E-state index >= 15 is 0 Å². The summed E-state index contributed by atoms with van der Waals surface area (Å²) in [6.45, 7) is 5.15. The summed E-state index contributed by atoms with van der Waals surface area (Å²) in [7, 11) is 0. The molecule has 0 unspecified atom stereocenters. The molecule has 0 heterocycles. The molecule has 2 N–H and O–H groups in total. The van der Waals surface area contributed by atoms with Gasteiger partial charge in [-0.15, -0.1) is 0 Å². The van der Waals surface area contributed by atoms with Crippen molar-refractivity contribution in [3.8, 4) is 0 Å². The third kappa shape index (κ3) is 6.04. The maximum atomic E-state index is 11.6. The SMILES string of the molecule is CC(C)(C)OC(=O)N[C@@H](CC1CCC(=O)CC1)C(=O)O. The Bertz CT molecular complexity index is 376. The summed E-state index contributed by atoms with van der Waals surface area (Å²) in [6, 6.07) is -0.969. The first-order valence-corrected chi connectivity index (χ1v) is 6.91. The van der Waals surface area contributed by atoms with Gasteiger partial charge in [-0.3, -0.25) is 4.79 Å². The molecule has 0 aromatic heterocycles. The summed E-state index contributed by atoms with van der Waals surface area (Å²) in [5.74, 6) is -0.690. The quantitative estimate of drug-likeness (QED) is 0.825. The first kappa shape index (κ1) is 16.5. The molecule has 1 saturated carbocycles. The Balaban J connectivity index is 2.50. The molecule has 1 rings (SSSR count). The summed E-state index contributed by atoms with van der Waals surface area (Å²) in [5.41, 5.74) is -0.662. The third-order valence-corrected chi connectivity index (χ3v) is 3.22. The van der Waals surface area contributed by atoms with Crippen LogP contribution in [0.1, 0.15) is 52.9 Å². The minimum absolute atomic E-state index is 0.156. The lowest BCUT2D eigenvalue weighted by atomic mass is 9.84. The van der Waals surface area contributed by atoms with Gasteiger partial charge in [-0.1, -0.05) is 0 Å². The number of carboxylic acid groups (broad SMARTS) is 1. The van der Waals surface area contributed by atoms with Crippen molar-refractivity contribution in [3.63, 3.8) is 0 Å². The van der Waals surface area contributed by atoms with Gasteiger partial charge in [-0.2, -0.15) is 0 Å². The van der Waals surface area contributed by atoms with Crippen molar-refractivity contribution in [1.29, 1.82) is 0 Å². The number of nitrogens with one attached hydrogen (secondary N) is 1. The smallest absolute Gasteiger partial charge is 0.408 e. The third-order valence-electron chi connectivity index (χ3n) is 3.22. The lowest BCUT2D eigenvalue weighted by Gasteiger charge is -2.26. The molecule has 1 aliphatic rings. The molecule has 1 fully saturated rings. The van der Waals surface area contributed by atoms with Crippen LogP contribution in [0.3, 0.4) is 0 Å². The number of alkyl carbamates (subject to hydrolysis) is 1. The normalized spacial score (nSPS) is 18.4. The maximum absolute atomic E-state index is 11.6. The molecular weight excluding hydrogens is 262 g/mol. The Morgan fingerprint density at radius 2 is 1.90 bits per heavy atom. The predicted octanol–water partition coefficient (Wildman–Crippen LogP) is 2.11. The molecule has 1 amide bonds.